The zero-order chi connectivity index (χ0) is 23.5. The Bertz CT molecular complexity index is 1120. The van der Waals surface area contributed by atoms with Gasteiger partial charge in [-0.2, -0.15) is 5.10 Å². The third-order valence-electron chi connectivity index (χ3n) is 6.21. The highest BCUT2D eigenvalue weighted by Crippen LogP contribution is 2.29. The van der Waals surface area contributed by atoms with Gasteiger partial charge in [-0.15, -0.1) is 0 Å². The zero-order valence-corrected chi connectivity index (χ0v) is 20.1. The van der Waals surface area contributed by atoms with Crippen LogP contribution in [-0.2, 0) is 6.54 Å². The zero-order valence-electron chi connectivity index (χ0n) is 20.1. The number of nitrogens with zero attached hydrogens (tertiary/aromatic N) is 5. The summed E-state index contributed by atoms with van der Waals surface area (Å²) in [6.07, 6.45) is 1.68. The van der Waals surface area contributed by atoms with Gasteiger partial charge in [-0.3, -0.25) is 0 Å². The minimum Gasteiger partial charge on any atom is -0.494 e. The van der Waals surface area contributed by atoms with Crippen LogP contribution in [0.25, 0.3) is 5.69 Å². The molecule has 1 aromatic heterocycles. The van der Waals surface area contributed by atoms with Crippen LogP contribution in [0.15, 0.2) is 36.7 Å². The Labute approximate surface area is 195 Å². The fourth-order valence-corrected chi connectivity index (χ4v) is 4.45. The molecule has 2 aromatic carbocycles. The minimum atomic E-state index is -0.0106. The van der Waals surface area contributed by atoms with Gasteiger partial charge in [-0.25, -0.2) is 14.5 Å². The number of aromatic nitrogens is 3. The average Bonchev–Trinajstić information content (AvgIpc) is 3.24. The lowest BCUT2D eigenvalue weighted by atomic mass is 10.00. The Morgan fingerprint density at radius 1 is 1.03 bits per heavy atom. The molecular weight excluding hydrogens is 416 g/mol. The molecule has 0 radical (unpaired) electrons. The maximum absolute atomic E-state index is 12.8. The highest BCUT2D eigenvalue weighted by Gasteiger charge is 2.22. The summed E-state index contributed by atoms with van der Waals surface area (Å²) in [5, 5.41) is 7.48. The molecule has 8 nitrogen and oxygen atoms in total. The third-order valence-corrected chi connectivity index (χ3v) is 6.21. The molecule has 4 rings (SSSR count). The van der Waals surface area contributed by atoms with Crippen LogP contribution < -0.4 is 15.0 Å². The molecule has 0 aliphatic carbocycles. The number of benzene rings is 2. The Kier molecular flexibility index (Phi) is 6.53. The Balaban J connectivity index is 1.36. The first kappa shape index (κ1) is 22.6. The smallest absolute Gasteiger partial charge is 0.317 e. The van der Waals surface area contributed by atoms with E-state index < -0.39 is 0 Å². The van der Waals surface area contributed by atoms with E-state index in [1.807, 2.05) is 24.0 Å². The number of piperazine rings is 1. The Morgan fingerprint density at radius 3 is 2.33 bits per heavy atom. The van der Waals surface area contributed by atoms with Crippen LogP contribution in [-0.4, -0.2) is 59.0 Å². The van der Waals surface area contributed by atoms with Crippen molar-refractivity contribution in [3.63, 3.8) is 0 Å². The van der Waals surface area contributed by atoms with Gasteiger partial charge in [0, 0.05) is 44.5 Å². The van der Waals surface area contributed by atoms with Crippen molar-refractivity contribution in [1.82, 2.24) is 25.0 Å². The molecular formula is C25H32N6O2. The van der Waals surface area contributed by atoms with Gasteiger partial charge in [-0.05, 0) is 56.5 Å². The van der Waals surface area contributed by atoms with E-state index in [0.29, 0.717) is 25.5 Å². The van der Waals surface area contributed by atoms with Gasteiger partial charge in [0.2, 0.25) is 0 Å². The van der Waals surface area contributed by atoms with Crippen molar-refractivity contribution in [2.45, 2.75) is 34.2 Å². The number of amides is 2. The average molecular weight is 449 g/mol. The third kappa shape index (κ3) is 4.94. The fourth-order valence-electron chi connectivity index (χ4n) is 4.45. The summed E-state index contributed by atoms with van der Waals surface area (Å²) in [7, 11) is 1.66. The summed E-state index contributed by atoms with van der Waals surface area (Å²) in [6.45, 7) is 11.6. The van der Waals surface area contributed by atoms with E-state index >= 15 is 0 Å². The van der Waals surface area contributed by atoms with Crippen molar-refractivity contribution in [2.24, 2.45) is 0 Å². The van der Waals surface area contributed by atoms with E-state index in [0.717, 1.165) is 30.2 Å². The van der Waals surface area contributed by atoms with Crippen molar-refractivity contribution in [1.29, 1.82) is 0 Å². The SMILES string of the molecule is COc1cc(N2CCN(C(=O)NCc3c(C)cc(C)cc3C)CC2)ccc1-n1cnc(C)n1. The summed E-state index contributed by atoms with van der Waals surface area (Å²) < 4.78 is 7.33. The number of hydrogen-bond donors (Lipinski definition) is 1. The summed E-state index contributed by atoms with van der Waals surface area (Å²) in [5.74, 6) is 1.45. The van der Waals surface area contributed by atoms with E-state index in [2.05, 4.69) is 59.3 Å². The van der Waals surface area contributed by atoms with Gasteiger partial charge >= 0.3 is 6.03 Å². The molecule has 1 aliphatic heterocycles. The maximum atomic E-state index is 12.8. The first-order valence-electron chi connectivity index (χ1n) is 11.3. The molecule has 0 unspecified atom stereocenters. The lowest BCUT2D eigenvalue weighted by Crippen LogP contribution is -2.51. The lowest BCUT2D eigenvalue weighted by Gasteiger charge is -2.36. The number of anilines is 1. The minimum absolute atomic E-state index is 0.0106. The van der Waals surface area contributed by atoms with Gasteiger partial charge in [0.25, 0.3) is 0 Å². The predicted octanol–water partition coefficient (Wildman–Crippen LogP) is 3.54. The first-order chi connectivity index (χ1) is 15.9. The highest BCUT2D eigenvalue weighted by atomic mass is 16.5. The van der Waals surface area contributed by atoms with E-state index in [9.17, 15) is 4.79 Å². The second-order valence-corrected chi connectivity index (χ2v) is 8.60. The molecule has 1 fully saturated rings. The molecule has 3 aromatic rings. The highest BCUT2D eigenvalue weighted by molar-refractivity contribution is 5.74. The van der Waals surface area contributed by atoms with E-state index in [1.54, 1.807) is 18.1 Å². The molecule has 0 bridgehead atoms. The molecule has 0 atom stereocenters. The van der Waals surface area contributed by atoms with Crippen LogP contribution in [0.1, 0.15) is 28.1 Å². The number of urea groups is 1. The Morgan fingerprint density at radius 2 is 1.73 bits per heavy atom. The second kappa shape index (κ2) is 9.52. The molecule has 1 aliphatic rings. The molecule has 0 saturated carbocycles. The number of hydrogen-bond acceptors (Lipinski definition) is 5. The Hall–Kier alpha value is -3.55. The van der Waals surface area contributed by atoms with Crippen molar-refractivity contribution in [3.05, 3.63) is 64.7 Å². The van der Waals surface area contributed by atoms with Crippen LogP contribution in [0.4, 0.5) is 10.5 Å². The summed E-state index contributed by atoms with van der Waals surface area (Å²) >= 11 is 0. The quantitative estimate of drug-likeness (QED) is 0.646. The molecule has 8 heteroatoms. The van der Waals surface area contributed by atoms with Gasteiger partial charge in [0.15, 0.2) is 0 Å². The lowest BCUT2D eigenvalue weighted by molar-refractivity contribution is 0.194. The standard InChI is InChI=1S/C25H32N6O2/c1-17-12-18(2)22(19(3)13-17)15-26-25(32)30-10-8-29(9-11-30)21-6-7-23(24(14-21)33-5)31-16-27-20(4)28-31/h6-7,12-14,16H,8-11,15H2,1-5H3,(H,26,32). The van der Waals surface area contributed by atoms with Crippen LogP contribution in [0, 0.1) is 27.7 Å². The first-order valence-corrected chi connectivity index (χ1v) is 11.3. The fraction of sp³-hybridized carbons (Fsp3) is 0.400. The van der Waals surface area contributed by atoms with Crippen LogP contribution in [0.2, 0.25) is 0 Å². The summed E-state index contributed by atoms with van der Waals surface area (Å²) in [5.41, 5.74) is 6.80. The number of aryl methyl sites for hydroxylation is 4. The largest absolute Gasteiger partial charge is 0.494 e. The van der Waals surface area contributed by atoms with Crippen molar-refractivity contribution in [3.8, 4) is 11.4 Å². The second-order valence-electron chi connectivity index (χ2n) is 8.60. The monoisotopic (exact) mass is 448 g/mol. The number of ether oxygens (including phenoxy) is 1. The molecule has 1 saturated heterocycles. The molecule has 174 valence electrons. The van der Waals surface area contributed by atoms with Crippen LogP contribution in [0.5, 0.6) is 5.75 Å². The number of methoxy groups -OCH3 is 1. The molecule has 33 heavy (non-hydrogen) atoms. The van der Waals surface area contributed by atoms with E-state index in [1.165, 1.54) is 22.3 Å². The van der Waals surface area contributed by atoms with Crippen LogP contribution in [0.3, 0.4) is 0 Å². The molecule has 1 N–H and O–H groups in total. The van der Waals surface area contributed by atoms with Crippen molar-refractivity contribution >= 4 is 11.7 Å². The van der Waals surface area contributed by atoms with Crippen LogP contribution >= 0.6 is 0 Å². The number of carbonyl (C=O) groups is 1. The molecule has 2 amide bonds. The van der Waals surface area contributed by atoms with Crippen molar-refractivity contribution < 1.29 is 9.53 Å². The normalized spacial score (nSPS) is 13.8. The number of rotatable bonds is 5. The topological polar surface area (TPSA) is 75.5 Å². The predicted molar refractivity (Wildman–Crippen MR) is 129 cm³/mol. The van der Waals surface area contributed by atoms with Gasteiger partial charge in [-0.1, -0.05) is 17.7 Å². The maximum Gasteiger partial charge on any atom is 0.317 e. The van der Waals surface area contributed by atoms with Gasteiger partial charge < -0.3 is 19.9 Å². The molecule has 0 spiro atoms. The molecule has 2 heterocycles. The van der Waals surface area contributed by atoms with E-state index in [4.69, 9.17) is 4.74 Å². The number of nitrogens with one attached hydrogen (secondary N) is 1. The summed E-state index contributed by atoms with van der Waals surface area (Å²) in [4.78, 5) is 21.1. The van der Waals surface area contributed by atoms with E-state index in [-0.39, 0.29) is 6.03 Å². The van der Waals surface area contributed by atoms with Gasteiger partial charge in [0.05, 0.1) is 7.11 Å². The van der Waals surface area contributed by atoms with Crippen molar-refractivity contribution in [2.75, 3.05) is 38.2 Å². The van der Waals surface area contributed by atoms with Gasteiger partial charge in [0.1, 0.15) is 23.6 Å². The number of carbonyl (C=O) groups excluding carboxylic acids is 1. The summed E-state index contributed by atoms with van der Waals surface area (Å²) in [6, 6.07) is 10.4.